The van der Waals surface area contributed by atoms with Crippen molar-refractivity contribution >= 4 is 17.2 Å². The molecular formula is C21H19N5O2S. The van der Waals surface area contributed by atoms with E-state index in [0.29, 0.717) is 24.5 Å². The van der Waals surface area contributed by atoms with E-state index in [0.717, 1.165) is 22.1 Å². The second kappa shape index (κ2) is 8.66. The number of rotatable bonds is 7. The second-order valence-electron chi connectivity index (χ2n) is 6.31. The van der Waals surface area contributed by atoms with E-state index < -0.39 is 0 Å². The van der Waals surface area contributed by atoms with Crippen LogP contribution in [0.1, 0.15) is 21.2 Å². The summed E-state index contributed by atoms with van der Waals surface area (Å²) in [5, 5.41) is 5.73. The Morgan fingerprint density at radius 2 is 1.93 bits per heavy atom. The molecule has 0 aliphatic carbocycles. The number of carbonyl (C=O) groups is 1. The van der Waals surface area contributed by atoms with Crippen LogP contribution in [0.5, 0.6) is 5.75 Å². The Bertz CT molecular complexity index is 1090. The number of ether oxygens (including phenoxy) is 1. The van der Waals surface area contributed by atoms with Crippen molar-refractivity contribution in [1.82, 2.24) is 24.8 Å². The zero-order valence-electron chi connectivity index (χ0n) is 15.8. The predicted molar refractivity (Wildman–Crippen MR) is 110 cm³/mol. The monoisotopic (exact) mass is 405 g/mol. The minimum Gasteiger partial charge on any atom is -0.486 e. The Labute approximate surface area is 172 Å². The van der Waals surface area contributed by atoms with Crippen LogP contribution in [0, 0.1) is 0 Å². The van der Waals surface area contributed by atoms with Gasteiger partial charge in [0.05, 0.1) is 12.2 Å². The molecule has 3 aromatic heterocycles. The van der Waals surface area contributed by atoms with E-state index >= 15 is 0 Å². The summed E-state index contributed by atoms with van der Waals surface area (Å²) in [6.45, 7) is 0.755. The highest BCUT2D eigenvalue weighted by molar-refractivity contribution is 7.09. The van der Waals surface area contributed by atoms with Crippen LogP contribution in [0.2, 0.25) is 0 Å². The lowest BCUT2D eigenvalue weighted by molar-refractivity contribution is 0.0951. The molecule has 0 aliphatic heterocycles. The van der Waals surface area contributed by atoms with Crippen LogP contribution in [0.4, 0.5) is 0 Å². The molecule has 8 heteroatoms. The van der Waals surface area contributed by atoms with Gasteiger partial charge in [-0.15, -0.1) is 11.3 Å². The van der Waals surface area contributed by atoms with E-state index in [9.17, 15) is 4.79 Å². The van der Waals surface area contributed by atoms with Gasteiger partial charge in [-0.1, -0.05) is 0 Å². The molecule has 0 unspecified atom stereocenters. The van der Waals surface area contributed by atoms with Crippen LogP contribution in [0.25, 0.3) is 11.3 Å². The molecule has 29 heavy (non-hydrogen) atoms. The van der Waals surface area contributed by atoms with Crippen molar-refractivity contribution in [2.45, 2.75) is 13.2 Å². The van der Waals surface area contributed by atoms with E-state index in [1.165, 1.54) is 11.3 Å². The number of hydrogen-bond acceptors (Lipinski definition) is 6. The molecule has 1 amide bonds. The molecule has 3 heterocycles. The number of benzene rings is 1. The average molecular weight is 405 g/mol. The topological polar surface area (TPSA) is 81.9 Å². The Hall–Kier alpha value is -3.52. The van der Waals surface area contributed by atoms with Gasteiger partial charge >= 0.3 is 0 Å². The summed E-state index contributed by atoms with van der Waals surface area (Å²) in [5.41, 5.74) is 2.46. The summed E-state index contributed by atoms with van der Waals surface area (Å²) < 4.78 is 7.62. The van der Waals surface area contributed by atoms with Crippen LogP contribution in [-0.2, 0) is 20.2 Å². The minimum absolute atomic E-state index is 0.152. The van der Waals surface area contributed by atoms with Gasteiger partial charge in [0, 0.05) is 48.3 Å². The molecule has 1 aromatic carbocycles. The van der Waals surface area contributed by atoms with E-state index in [4.69, 9.17) is 4.74 Å². The normalized spacial score (nSPS) is 10.7. The summed E-state index contributed by atoms with van der Waals surface area (Å²) in [6.07, 6.45) is 7.07. The molecule has 0 saturated carbocycles. The third-order valence-corrected chi connectivity index (χ3v) is 5.18. The zero-order chi connectivity index (χ0) is 20.1. The van der Waals surface area contributed by atoms with Crippen molar-refractivity contribution in [3.05, 3.63) is 83.0 Å². The maximum absolute atomic E-state index is 12.4. The molecule has 0 bridgehead atoms. The van der Waals surface area contributed by atoms with Crippen molar-refractivity contribution in [2.24, 2.45) is 7.05 Å². The number of pyridine rings is 1. The van der Waals surface area contributed by atoms with Gasteiger partial charge < -0.3 is 14.6 Å². The number of aryl methyl sites for hydroxylation is 1. The summed E-state index contributed by atoms with van der Waals surface area (Å²) in [4.78, 5) is 25.2. The van der Waals surface area contributed by atoms with Crippen molar-refractivity contribution in [3.63, 3.8) is 0 Å². The maximum atomic E-state index is 12.4. The molecule has 146 valence electrons. The molecule has 0 radical (unpaired) electrons. The van der Waals surface area contributed by atoms with Gasteiger partial charge in [-0.2, -0.15) is 0 Å². The number of nitrogens with one attached hydrogen (secondary N) is 1. The summed E-state index contributed by atoms with van der Waals surface area (Å²) in [6, 6.07) is 10.9. The first-order valence-corrected chi connectivity index (χ1v) is 9.89. The van der Waals surface area contributed by atoms with Gasteiger partial charge in [-0.25, -0.2) is 9.97 Å². The van der Waals surface area contributed by atoms with Gasteiger partial charge in [0.2, 0.25) is 0 Å². The molecule has 0 saturated heterocycles. The van der Waals surface area contributed by atoms with Crippen LogP contribution < -0.4 is 10.1 Å². The molecule has 0 fully saturated rings. The van der Waals surface area contributed by atoms with E-state index in [2.05, 4.69) is 20.3 Å². The largest absolute Gasteiger partial charge is 0.486 e. The fourth-order valence-corrected chi connectivity index (χ4v) is 3.43. The molecular weight excluding hydrogens is 386 g/mol. The van der Waals surface area contributed by atoms with Gasteiger partial charge in [0.25, 0.3) is 5.91 Å². The lowest BCUT2D eigenvalue weighted by Gasteiger charge is -2.07. The fraction of sp³-hybridized carbons (Fsp3) is 0.143. The van der Waals surface area contributed by atoms with Crippen molar-refractivity contribution in [1.29, 1.82) is 0 Å². The van der Waals surface area contributed by atoms with Crippen LogP contribution in [0.15, 0.2) is 66.6 Å². The van der Waals surface area contributed by atoms with Gasteiger partial charge in [0.1, 0.15) is 23.2 Å². The lowest BCUT2D eigenvalue weighted by atomic mass is 10.2. The Kier molecular flexibility index (Phi) is 5.62. The standard InChI is InChI=1S/C21H19N5O2S/c1-26-11-10-23-19(26)13-28-17-4-2-16(3-5-17)21(27)24-12-20-25-18(14-29-20)15-6-8-22-9-7-15/h2-11,14H,12-13H2,1H3,(H,24,27). The van der Waals surface area contributed by atoms with Gasteiger partial charge in [0.15, 0.2) is 0 Å². The number of hydrogen-bond donors (Lipinski definition) is 1. The molecule has 7 nitrogen and oxygen atoms in total. The van der Waals surface area contributed by atoms with Crippen molar-refractivity contribution in [3.8, 4) is 17.0 Å². The molecule has 0 spiro atoms. The first-order valence-electron chi connectivity index (χ1n) is 9.01. The Morgan fingerprint density at radius 1 is 1.14 bits per heavy atom. The Morgan fingerprint density at radius 3 is 2.66 bits per heavy atom. The highest BCUT2D eigenvalue weighted by Crippen LogP contribution is 2.21. The van der Waals surface area contributed by atoms with Crippen LogP contribution in [0.3, 0.4) is 0 Å². The number of imidazole rings is 1. The van der Waals surface area contributed by atoms with Crippen molar-refractivity contribution < 1.29 is 9.53 Å². The molecule has 4 aromatic rings. The smallest absolute Gasteiger partial charge is 0.251 e. The molecule has 0 aliphatic rings. The highest BCUT2D eigenvalue weighted by Gasteiger charge is 2.09. The predicted octanol–water partition coefficient (Wildman–Crippen LogP) is 3.45. The summed E-state index contributed by atoms with van der Waals surface area (Å²) >= 11 is 1.52. The van der Waals surface area contributed by atoms with Gasteiger partial charge in [-0.05, 0) is 36.4 Å². The second-order valence-corrected chi connectivity index (χ2v) is 7.26. The van der Waals surface area contributed by atoms with E-state index in [1.54, 1.807) is 42.9 Å². The molecule has 1 N–H and O–H groups in total. The lowest BCUT2D eigenvalue weighted by Crippen LogP contribution is -2.22. The molecule has 4 rings (SSSR count). The minimum atomic E-state index is -0.152. The first-order chi connectivity index (χ1) is 14.2. The number of thiazole rings is 1. The first kappa shape index (κ1) is 18.8. The third kappa shape index (κ3) is 4.67. The average Bonchev–Trinajstić information content (AvgIpc) is 3.40. The number of carbonyl (C=O) groups excluding carboxylic acids is 1. The number of nitrogens with zero attached hydrogens (tertiary/aromatic N) is 4. The zero-order valence-corrected chi connectivity index (χ0v) is 16.6. The fourth-order valence-electron chi connectivity index (χ4n) is 2.69. The number of amides is 1. The van der Waals surface area contributed by atoms with E-state index in [1.807, 2.05) is 35.3 Å². The van der Waals surface area contributed by atoms with Crippen LogP contribution >= 0.6 is 11.3 Å². The SMILES string of the molecule is Cn1ccnc1COc1ccc(C(=O)NCc2nc(-c3ccncc3)cs2)cc1. The summed E-state index contributed by atoms with van der Waals surface area (Å²) in [5.74, 6) is 1.37. The summed E-state index contributed by atoms with van der Waals surface area (Å²) in [7, 11) is 1.92. The van der Waals surface area contributed by atoms with E-state index in [-0.39, 0.29) is 5.91 Å². The quantitative estimate of drug-likeness (QED) is 0.509. The number of aromatic nitrogens is 4. The molecule has 0 atom stereocenters. The van der Waals surface area contributed by atoms with Crippen LogP contribution in [-0.4, -0.2) is 25.4 Å². The Balaban J connectivity index is 1.31. The maximum Gasteiger partial charge on any atom is 0.251 e. The third-order valence-electron chi connectivity index (χ3n) is 4.33. The highest BCUT2D eigenvalue weighted by atomic mass is 32.1. The van der Waals surface area contributed by atoms with Gasteiger partial charge in [-0.3, -0.25) is 9.78 Å². The van der Waals surface area contributed by atoms with Crippen molar-refractivity contribution in [2.75, 3.05) is 0 Å².